The molecule has 0 radical (unpaired) electrons. The predicted octanol–water partition coefficient (Wildman–Crippen LogP) is 4.87. The van der Waals surface area contributed by atoms with Crippen LogP contribution in [0.15, 0.2) is 57.5 Å². The summed E-state index contributed by atoms with van der Waals surface area (Å²) in [5, 5.41) is 6.60. The lowest BCUT2D eigenvalue weighted by molar-refractivity contribution is -0.115. The van der Waals surface area contributed by atoms with Crippen molar-refractivity contribution in [3.8, 4) is 10.6 Å². The highest BCUT2D eigenvalue weighted by atomic mass is 79.9. The van der Waals surface area contributed by atoms with E-state index >= 15 is 0 Å². The van der Waals surface area contributed by atoms with Crippen molar-refractivity contribution in [2.75, 3.05) is 11.6 Å². The Hall–Kier alpha value is -1.70. The molecule has 0 aliphatic carbocycles. The highest BCUT2D eigenvalue weighted by Gasteiger charge is 2.10. The molecule has 0 bridgehead atoms. The largest absolute Gasteiger partial charge is 0.324 e. The molecule has 0 spiro atoms. The number of thioether (sulfide) groups is 1. The molecule has 1 N–H and O–H groups in total. The Labute approximate surface area is 156 Å². The van der Waals surface area contributed by atoms with Gasteiger partial charge in [0.1, 0.15) is 5.01 Å². The Morgan fingerprint density at radius 3 is 2.92 bits per heavy atom. The van der Waals surface area contributed by atoms with Gasteiger partial charge < -0.3 is 5.32 Å². The summed E-state index contributed by atoms with van der Waals surface area (Å²) in [6, 6.07) is 11.7. The first-order valence-corrected chi connectivity index (χ1v) is 10.0. The molecule has 3 rings (SSSR count). The maximum absolute atomic E-state index is 12.1. The molecule has 0 saturated carbocycles. The van der Waals surface area contributed by atoms with Gasteiger partial charge in [0.2, 0.25) is 5.91 Å². The van der Waals surface area contributed by atoms with E-state index in [9.17, 15) is 4.79 Å². The van der Waals surface area contributed by atoms with Gasteiger partial charge in [0.25, 0.3) is 0 Å². The lowest BCUT2D eigenvalue weighted by Gasteiger charge is -2.04. The maximum atomic E-state index is 12.1. The Balaban J connectivity index is 1.64. The molecule has 0 atom stereocenters. The summed E-state index contributed by atoms with van der Waals surface area (Å²) in [6.07, 6.45) is 3.87. The van der Waals surface area contributed by atoms with E-state index in [4.69, 9.17) is 0 Å². The molecule has 0 fully saturated rings. The minimum absolute atomic E-state index is 0.0974. The number of rotatable bonds is 5. The van der Waals surface area contributed by atoms with Crippen LogP contribution in [-0.4, -0.2) is 22.1 Å². The molecule has 3 aromatic rings. The summed E-state index contributed by atoms with van der Waals surface area (Å²) in [5.41, 5.74) is 2.50. The number of nitrogens with zero attached hydrogens (tertiary/aromatic N) is 2. The summed E-state index contributed by atoms with van der Waals surface area (Å²) < 4.78 is 1.01. The van der Waals surface area contributed by atoms with Crippen LogP contribution < -0.4 is 5.32 Å². The Morgan fingerprint density at radius 1 is 1.33 bits per heavy atom. The fraction of sp³-hybridized carbons (Fsp3) is 0.118. The molecule has 2 heterocycles. The van der Waals surface area contributed by atoms with Gasteiger partial charge in [-0.1, -0.05) is 28.1 Å². The maximum Gasteiger partial charge on any atom is 0.230 e. The van der Waals surface area contributed by atoms with Gasteiger partial charge in [-0.05, 0) is 30.5 Å². The first kappa shape index (κ1) is 17.1. The standard InChI is InChI=1S/C17H14BrN3OS2/c1-23-16-6-5-13(9-19-16)20-15(22)8-14-10-24-17(21-14)11-3-2-4-12(18)7-11/h2-7,9-10H,8H2,1H3,(H,20,22). The van der Waals surface area contributed by atoms with E-state index < -0.39 is 0 Å². The van der Waals surface area contributed by atoms with Crippen LogP contribution >= 0.6 is 39.0 Å². The number of carbonyl (C=O) groups is 1. The van der Waals surface area contributed by atoms with Crippen molar-refractivity contribution < 1.29 is 4.79 Å². The van der Waals surface area contributed by atoms with Crippen LogP contribution in [0.3, 0.4) is 0 Å². The highest BCUT2D eigenvalue weighted by Crippen LogP contribution is 2.26. The Morgan fingerprint density at radius 2 is 2.21 bits per heavy atom. The van der Waals surface area contributed by atoms with Crippen molar-refractivity contribution in [2.24, 2.45) is 0 Å². The van der Waals surface area contributed by atoms with Crippen LogP contribution in [0.1, 0.15) is 5.69 Å². The van der Waals surface area contributed by atoms with Gasteiger partial charge in [0, 0.05) is 15.4 Å². The number of aromatic nitrogens is 2. The van der Waals surface area contributed by atoms with Gasteiger partial charge in [-0.25, -0.2) is 9.97 Å². The third-order valence-electron chi connectivity index (χ3n) is 3.19. The number of amides is 1. The molecular formula is C17H14BrN3OS2. The Kier molecular flexibility index (Phi) is 5.65. The van der Waals surface area contributed by atoms with Crippen LogP contribution in [0.4, 0.5) is 5.69 Å². The summed E-state index contributed by atoms with van der Waals surface area (Å²) in [5.74, 6) is -0.0974. The molecule has 0 saturated heterocycles. The van der Waals surface area contributed by atoms with E-state index in [0.29, 0.717) is 5.69 Å². The van der Waals surface area contributed by atoms with E-state index in [-0.39, 0.29) is 12.3 Å². The fourth-order valence-corrected chi connectivity index (χ4v) is 3.67. The summed E-state index contributed by atoms with van der Waals surface area (Å²) in [4.78, 5) is 20.9. The van der Waals surface area contributed by atoms with Gasteiger partial charge >= 0.3 is 0 Å². The van der Waals surface area contributed by atoms with Gasteiger partial charge in [-0.2, -0.15) is 0 Å². The van der Waals surface area contributed by atoms with E-state index in [1.165, 1.54) is 11.3 Å². The minimum Gasteiger partial charge on any atom is -0.324 e. The van der Waals surface area contributed by atoms with Gasteiger partial charge in [0.05, 0.1) is 29.0 Å². The lowest BCUT2D eigenvalue weighted by atomic mass is 10.2. The summed E-state index contributed by atoms with van der Waals surface area (Å²) in [6.45, 7) is 0. The van der Waals surface area contributed by atoms with Crippen molar-refractivity contribution in [2.45, 2.75) is 11.4 Å². The second-order valence-corrected chi connectivity index (χ2v) is 7.57. The molecule has 7 heteroatoms. The van der Waals surface area contributed by atoms with Gasteiger partial charge in [-0.15, -0.1) is 23.1 Å². The van der Waals surface area contributed by atoms with Crippen LogP contribution in [0.5, 0.6) is 0 Å². The average Bonchev–Trinajstić information content (AvgIpc) is 3.04. The number of halogens is 1. The van der Waals surface area contributed by atoms with Crippen molar-refractivity contribution in [1.29, 1.82) is 0 Å². The zero-order chi connectivity index (χ0) is 16.9. The quantitative estimate of drug-likeness (QED) is 0.599. The average molecular weight is 420 g/mol. The normalized spacial score (nSPS) is 10.6. The first-order valence-electron chi connectivity index (χ1n) is 7.14. The topological polar surface area (TPSA) is 54.9 Å². The number of benzene rings is 1. The van der Waals surface area contributed by atoms with E-state index in [1.54, 1.807) is 18.0 Å². The molecule has 1 amide bonds. The third-order valence-corrected chi connectivity index (χ3v) is 5.29. The second-order valence-electron chi connectivity index (χ2n) is 4.97. The third kappa shape index (κ3) is 4.43. The molecule has 0 aliphatic rings. The zero-order valence-corrected chi connectivity index (χ0v) is 16.0. The summed E-state index contributed by atoms with van der Waals surface area (Å²) in [7, 11) is 0. The number of hydrogen-bond acceptors (Lipinski definition) is 5. The van der Waals surface area contributed by atoms with Crippen LogP contribution in [-0.2, 0) is 11.2 Å². The van der Waals surface area contributed by atoms with E-state index in [0.717, 1.165) is 25.8 Å². The molecule has 0 unspecified atom stereocenters. The van der Waals surface area contributed by atoms with E-state index in [1.807, 2.05) is 48.0 Å². The SMILES string of the molecule is CSc1ccc(NC(=O)Cc2csc(-c3cccc(Br)c3)n2)cn1. The first-order chi connectivity index (χ1) is 11.6. The molecule has 4 nitrogen and oxygen atoms in total. The molecule has 122 valence electrons. The monoisotopic (exact) mass is 419 g/mol. The van der Waals surface area contributed by atoms with Crippen molar-refractivity contribution in [1.82, 2.24) is 9.97 Å². The molecular weight excluding hydrogens is 406 g/mol. The molecule has 1 aromatic carbocycles. The fourth-order valence-electron chi connectivity index (χ4n) is 2.09. The smallest absolute Gasteiger partial charge is 0.230 e. The van der Waals surface area contributed by atoms with Gasteiger partial charge in [0.15, 0.2) is 0 Å². The number of anilines is 1. The van der Waals surface area contributed by atoms with Crippen LogP contribution in [0.2, 0.25) is 0 Å². The lowest BCUT2D eigenvalue weighted by Crippen LogP contribution is -2.14. The molecule has 0 aliphatic heterocycles. The van der Waals surface area contributed by atoms with Crippen molar-refractivity contribution in [3.05, 3.63) is 58.1 Å². The number of pyridine rings is 1. The van der Waals surface area contributed by atoms with Gasteiger partial charge in [-0.3, -0.25) is 4.79 Å². The van der Waals surface area contributed by atoms with Crippen molar-refractivity contribution >= 4 is 50.6 Å². The zero-order valence-electron chi connectivity index (χ0n) is 12.8. The Bertz CT molecular complexity index is 849. The number of thiazole rings is 1. The van der Waals surface area contributed by atoms with Crippen molar-refractivity contribution in [3.63, 3.8) is 0 Å². The molecule has 2 aromatic heterocycles. The number of nitrogens with one attached hydrogen (secondary N) is 1. The van der Waals surface area contributed by atoms with E-state index in [2.05, 4.69) is 31.2 Å². The van der Waals surface area contributed by atoms with Crippen LogP contribution in [0.25, 0.3) is 10.6 Å². The second kappa shape index (κ2) is 7.92. The minimum atomic E-state index is -0.0974. The number of carbonyl (C=O) groups excluding carboxylic acids is 1. The number of hydrogen-bond donors (Lipinski definition) is 1. The summed E-state index contributed by atoms with van der Waals surface area (Å²) >= 11 is 6.56. The molecule has 24 heavy (non-hydrogen) atoms. The predicted molar refractivity (Wildman–Crippen MR) is 104 cm³/mol. The highest BCUT2D eigenvalue weighted by molar-refractivity contribution is 9.10. The van der Waals surface area contributed by atoms with Crippen LogP contribution in [0, 0.1) is 0 Å².